The summed E-state index contributed by atoms with van der Waals surface area (Å²) in [5.74, 6) is 1.49. The Hall–Kier alpha value is -1.88. The Labute approximate surface area is 155 Å². The molecule has 4 rings (SSSR count). The molecule has 26 heavy (non-hydrogen) atoms. The summed E-state index contributed by atoms with van der Waals surface area (Å²) in [7, 11) is 1.95. The Bertz CT molecular complexity index is 642. The zero-order valence-electron chi connectivity index (χ0n) is 15.6. The lowest BCUT2D eigenvalue weighted by atomic mass is 10.0. The molecule has 3 fully saturated rings. The summed E-state index contributed by atoms with van der Waals surface area (Å²) >= 11 is 0. The van der Waals surface area contributed by atoms with Crippen LogP contribution in [0.25, 0.3) is 0 Å². The van der Waals surface area contributed by atoms with Gasteiger partial charge in [0, 0.05) is 32.7 Å². The zero-order valence-corrected chi connectivity index (χ0v) is 15.6. The van der Waals surface area contributed by atoms with Gasteiger partial charge in [0.25, 0.3) is 0 Å². The quantitative estimate of drug-likeness (QED) is 0.814. The molecule has 2 amide bonds. The number of hydrogen-bond acceptors (Lipinski definition) is 3. The molecule has 5 heteroatoms. The third kappa shape index (κ3) is 3.93. The van der Waals surface area contributed by atoms with E-state index in [-0.39, 0.29) is 24.3 Å². The molecule has 1 unspecified atom stereocenters. The second-order valence-corrected chi connectivity index (χ2v) is 8.14. The molecule has 1 N–H and O–H groups in total. The Balaban J connectivity index is 1.42. The number of benzene rings is 1. The molecule has 0 radical (unpaired) electrons. The second-order valence-electron chi connectivity index (χ2n) is 8.14. The van der Waals surface area contributed by atoms with Crippen molar-refractivity contribution in [3.05, 3.63) is 35.9 Å². The van der Waals surface area contributed by atoms with Gasteiger partial charge in [-0.15, -0.1) is 0 Å². The number of amides is 2. The predicted molar refractivity (Wildman–Crippen MR) is 100 cm³/mol. The molecule has 1 saturated heterocycles. The van der Waals surface area contributed by atoms with E-state index in [1.54, 1.807) is 0 Å². The number of carbonyl (C=O) groups excluding carboxylic acids is 2. The molecule has 3 aliphatic rings. The minimum absolute atomic E-state index is 0.0108. The van der Waals surface area contributed by atoms with Gasteiger partial charge in [-0.25, -0.2) is 0 Å². The van der Waals surface area contributed by atoms with Crippen molar-refractivity contribution >= 4 is 11.8 Å². The van der Waals surface area contributed by atoms with Crippen molar-refractivity contribution in [2.45, 2.75) is 50.7 Å². The first-order valence-corrected chi connectivity index (χ1v) is 9.95. The lowest BCUT2D eigenvalue weighted by molar-refractivity contribution is -0.140. The van der Waals surface area contributed by atoms with E-state index >= 15 is 0 Å². The standard InChI is InChI=1S/C21H29N3O2/c1-23(20(16-7-8-16)17-9-10-17)19(25)13-18-21(26)22-11-12-24(18)14-15-5-3-2-4-6-15/h2-6,16-18,20H,7-14H2,1H3,(H,22,26). The van der Waals surface area contributed by atoms with Crippen molar-refractivity contribution in [2.75, 3.05) is 20.1 Å². The monoisotopic (exact) mass is 355 g/mol. The summed E-state index contributed by atoms with van der Waals surface area (Å²) < 4.78 is 0. The lowest BCUT2D eigenvalue weighted by Crippen LogP contribution is -2.56. The highest BCUT2D eigenvalue weighted by Gasteiger charge is 2.45. The van der Waals surface area contributed by atoms with E-state index in [4.69, 9.17) is 0 Å². The van der Waals surface area contributed by atoms with Gasteiger partial charge < -0.3 is 10.2 Å². The van der Waals surface area contributed by atoms with Crippen LogP contribution in [0.3, 0.4) is 0 Å². The molecule has 2 saturated carbocycles. The summed E-state index contributed by atoms with van der Waals surface area (Å²) in [4.78, 5) is 29.6. The van der Waals surface area contributed by atoms with Crippen molar-refractivity contribution < 1.29 is 9.59 Å². The Kier molecular flexibility index (Phi) is 4.98. The molecule has 0 spiro atoms. The first-order chi connectivity index (χ1) is 12.6. The molecule has 1 aliphatic heterocycles. The first-order valence-electron chi connectivity index (χ1n) is 9.95. The second kappa shape index (κ2) is 7.39. The van der Waals surface area contributed by atoms with Crippen LogP contribution in [0.1, 0.15) is 37.7 Å². The van der Waals surface area contributed by atoms with E-state index in [1.807, 2.05) is 30.1 Å². The molecule has 1 atom stereocenters. The number of hydrogen-bond donors (Lipinski definition) is 1. The van der Waals surface area contributed by atoms with Crippen LogP contribution in [0.15, 0.2) is 30.3 Å². The summed E-state index contributed by atoms with van der Waals surface area (Å²) in [5, 5.41) is 2.94. The van der Waals surface area contributed by atoms with Crippen molar-refractivity contribution in [1.29, 1.82) is 0 Å². The van der Waals surface area contributed by atoms with E-state index in [1.165, 1.54) is 31.2 Å². The van der Waals surface area contributed by atoms with Crippen LogP contribution in [0.4, 0.5) is 0 Å². The molecule has 140 valence electrons. The van der Waals surface area contributed by atoms with Gasteiger partial charge in [-0.3, -0.25) is 14.5 Å². The van der Waals surface area contributed by atoms with Crippen molar-refractivity contribution in [3.8, 4) is 0 Å². The smallest absolute Gasteiger partial charge is 0.237 e. The average molecular weight is 355 g/mol. The summed E-state index contributed by atoms with van der Waals surface area (Å²) in [5.41, 5.74) is 1.18. The minimum atomic E-state index is -0.363. The number of carbonyl (C=O) groups is 2. The maximum absolute atomic E-state index is 13.0. The van der Waals surface area contributed by atoms with Crippen molar-refractivity contribution in [1.82, 2.24) is 15.1 Å². The van der Waals surface area contributed by atoms with Crippen molar-refractivity contribution in [2.24, 2.45) is 11.8 Å². The van der Waals surface area contributed by atoms with Gasteiger partial charge in [0.1, 0.15) is 0 Å². The van der Waals surface area contributed by atoms with Crippen molar-refractivity contribution in [3.63, 3.8) is 0 Å². The maximum Gasteiger partial charge on any atom is 0.237 e. The fourth-order valence-electron chi connectivity index (χ4n) is 4.36. The van der Waals surface area contributed by atoms with Crippen LogP contribution in [-0.2, 0) is 16.1 Å². The fraction of sp³-hybridized carbons (Fsp3) is 0.619. The van der Waals surface area contributed by atoms with Gasteiger partial charge in [0.2, 0.25) is 11.8 Å². The molecule has 0 bridgehead atoms. The molecular weight excluding hydrogens is 326 g/mol. The molecule has 1 aromatic carbocycles. The molecule has 2 aliphatic carbocycles. The highest BCUT2D eigenvalue weighted by molar-refractivity contribution is 5.89. The van der Waals surface area contributed by atoms with Gasteiger partial charge in [0.05, 0.1) is 12.5 Å². The van der Waals surface area contributed by atoms with Crippen LogP contribution in [0, 0.1) is 11.8 Å². The third-order valence-corrected chi connectivity index (χ3v) is 6.09. The fourth-order valence-corrected chi connectivity index (χ4v) is 4.36. The summed E-state index contributed by atoms with van der Waals surface area (Å²) in [6, 6.07) is 10.2. The zero-order chi connectivity index (χ0) is 18.1. The maximum atomic E-state index is 13.0. The van der Waals surface area contributed by atoms with Crippen LogP contribution in [-0.4, -0.2) is 53.8 Å². The number of piperazine rings is 1. The molecular formula is C21H29N3O2. The van der Waals surface area contributed by atoms with E-state index in [0.29, 0.717) is 31.0 Å². The first kappa shape index (κ1) is 17.5. The molecule has 1 heterocycles. The van der Waals surface area contributed by atoms with Crippen LogP contribution >= 0.6 is 0 Å². The minimum Gasteiger partial charge on any atom is -0.353 e. The van der Waals surface area contributed by atoms with E-state index < -0.39 is 0 Å². The summed E-state index contributed by atoms with van der Waals surface area (Å²) in [6.45, 7) is 2.15. The van der Waals surface area contributed by atoms with Gasteiger partial charge >= 0.3 is 0 Å². The van der Waals surface area contributed by atoms with Crippen LogP contribution in [0.5, 0.6) is 0 Å². The topological polar surface area (TPSA) is 52.7 Å². The lowest BCUT2D eigenvalue weighted by Gasteiger charge is -2.36. The highest BCUT2D eigenvalue weighted by atomic mass is 16.2. The predicted octanol–water partition coefficient (Wildman–Crippen LogP) is 2.02. The van der Waals surface area contributed by atoms with Gasteiger partial charge in [0.15, 0.2) is 0 Å². The Morgan fingerprint density at radius 2 is 1.85 bits per heavy atom. The Morgan fingerprint density at radius 1 is 1.19 bits per heavy atom. The molecule has 5 nitrogen and oxygen atoms in total. The largest absolute Gasteiger partial charge is 0.353 e. The third-order valence-electron chi connectivity index (χ3n) is 6.09. The highest BCUT2D eigenvalue weighted by Crippen LogP contribution is 2.47. The SMILES string of the molecule is CN(C(=O)CC1C(=O)NCCN1Cc1ccccc1)C(C1CC1)C1CC1. The number of nitrogens with zero attached hydrogens (tertiary/aromatic N) is 2. The summed E-state index contributed by atoms with van der Waals surface area (Å²) in [6.07, 6.45) is 5.29. The number of nitrogens with one attached hydrogen (secondary N) is 1. The normalized spacial score (nSPS) is 23.8. The Morgan fingerprint density at radius 3 is 2.46 bits per heavy atom. The van der Waals surface area contributed by atoms with Gasteiger partial charge in [-0.2, -0.15) is 0 Å². The van der Waals surface area contributed by atoms with Gasteiger partial charge in [-0.05, 0) is 43.1 Å². The van der Waals surface area contributed by atoms with E-state index in [0.717, 1.165) is 6.54 Å². The molecule has 1 aromatic rings. The average Bonchev–Trinajstić information content (AvgIpc) is 3.53. The van der Waals surface area contributed by atoms with E-state index in [9.17, 15) is 9.59 Å². The van der Waals surface area contributed by atoms with Crippen LogP contribution in [0.2, 0.25) is 0 Å². The van der Waals surface area contributed by atoms with E-state index in [2.05, 4.69) is 22.3 Å². The van der Waals surface area contributed by atoms with Gasteiger partial charge in [-0.1, -0.05) is 30.3 Å². The number of rotatable bonds is 7. The van der Waals surface area contributed by atoms with Crippen LogP contribution < -0.4 is 5.32 Å². The molecule has 0 aromatic heterocycles.